The monoisotopic (exact) mass is 249 g/mol. The molecule has 0 radical (unpaired) electrons. The maximum Gasteiger partial charge on any atom is 0.259 e. The van der Waals surface area contributed by atoms with Gasteiger partial charge in [0, 0.05) is 5.69 Å². The molecule has 0 amide bonds. The molecule has 17 heavy (non-hydrogen) atoms. The summed E-state index contributed by atoms with van der Waals surface area (Å²) in [5.74, 6) is -0.221. The van der Waals surface area contributed by atoms with Crippen molar-refractivity contribution in [1.29, 1.82) is 5.41 Å². The fraction of sp³-hybridized carbons (Fsp3) is 0. The topological polar surface area (TPSA) is 82.7 Å². The maximum absolute atomic E-state index is 11.6. The standard InChI is InChI=1S/C12H11N3O.ClH/c13-11(14)9-6-7-10(15-12(9)16)8-4-2-1-3-5-8;/h1-7H,(H3,13,14)(H,15,16);1H. The van der Waals surface area contributed by atoms with E-state index in [9.17, 15) is 4.79 Å². The molecule has 1 aromatic heterocycles. The van der Waals surface area contributed by atoms with Crippen LogP contribution >= 0.6 is 12.4 Å². The van der Waals surface area contributed by atoms with Gasteiger partial charge in [-0.3, -0.25) is 10.2 Å². The number of hydrogen-bond acceptors (Lipinski definition) is 2. The molecule has 2 rings (SSSR count). The highest BCUT2D eigenvalue weighted by atomic mass is 35.5. The van der Waals surface area contributed by atoms with Gasteiger partial charge in [-0.05, 0) is 17.7 Å². The number of aromatic nitrogens is 1. The highest BCUT2D eigenvalue weighted by molar-refractivity contribution is 5.94. The van der Waals surface area contributed by atoms with Crippen LogP contribution in [-0.2, 0) is 0 Å². The van der Waals surface area contributed by atoms with Gasteiger partial charge in [-0.15, -0.1) is 12.4 Å². The maximum atomic E-state index is 11.6. The molecule has 0 saturated heterocycles. The molecule has 1 aromatic carbocycles. The summed E-state index contributed by atoms with van der Waals surface area (Å²) < 4.78 is 0. The van der Waals surface area contributed by atoms with Crippen molar-refractivity contribution in [3.8, 4) is 11.3 Å². The predicted octanol–water partition coefficient (Wildman–Crippen LogP) is 1.75. The van der Waals surface area contributed by atoms with Crippen molar-refractivity contribution in [2.24, 2.45) is 5.73 Å². The summed E-state index contributed by atoms with van der Waals surface area (Å²) in [5.41, 5.74) is 6.77. The van der Waals surface area contributed by atoms with Crippen molar-refractivity contribution in [3.05, 3.63) is 58.4 Å². The zero-order chi connectivity index (χ0) is 11.5. The smallest absolute Gasteiger partial charge is 0.259 e. The predicted molar refractivity (Wildman–Crippen MR) is 70.8 cm³/mol. The average molecular weight is 250 g/mol. The minimum absolute atomic E-state index is 0. The summed E-state index contributed by atoms with van der Waals surface area (Å²) in [6.07, 6.45) is 0. The Kier molecular flexibility index (Phi) is 4.06. The van der Waals surface area contributed by atoms with Gasteiger partial charge >= 0.3 is 0 Å². The molecule has 1 heterocycles. The van der Waals surface area contributed by atoms with Crippen LogP contribution in [0.5, 0.6) is 0 Å². The third kappa shape index (κ3) is 2.73. The number of nitrogens with one attached hydrogen (secondary N) is 2. The van der Waals surface area contributed by atoms with E-state index in [-0.39, 0.29) is 29.4 Å². The summed E-state index contributed by atoms with van der Waals surface area (Å²) in [6.45, 7) is 0. The number of H-pyrrole nitrogens is 1. The molecule has 5 heteroatoms. The third-order valence-corrected chi connectivity index (χ3v) is 2.28. The van der Waals surface area contributed by atoms with Crippen molar-refractivity contribution < 1.29 is 0 Å². The number of benzene rings is 1. The first-order chi connectivity index (χ1) is 7.68. The lowest BCUT2D eigenvalue weighted by atomic mass is 10.1. The summed E-state index contributed by atoms with van der Waals surface area (Å²) in [5, 5.41) is 7.21. The summed E-state index contributed by atoms with van der Waals surface area (Å²) in [7, 11) is 0. The second kappa shape index (κ2) is 5.32. The van der Waals surface area contributed by atoms with E-state index in [1.807, 2.05) is 30.3 Å². The Labute approximate surface area is 104 Å². The Balaban J connectivity index is 0.00000144. The molecule has 0 bridgehead atoms. The highest BCUT2D eigenvalue weighted by Crippen LogP contribution is 2.14. The fourth-order valence-electron chi connectivity index (χ4n) is 1.47. The van der Waals surface area contributed by atoms with Gasteiger partial charge < -0.3 is 10.7 Å². The van der Waals surface area contributed by atoms with Crippen molar-refractivity contribution in [2.75, 3.05) is 0 Å². The molecular formula is C12H12ClN3O. The first-order valence-corrected chi connectivity index (χ1v) is 4.81. The first kappa shape index (κ1) is 13.0. The van der Waals surface area contributed by atoms with E-state index in [1.165, 1.54) is 0 Å². The number of pyridine rings is 1. The first-order valence-electron chi connectivity index (χ1n) is 4.81. The van der Waals surface area contributed by atoms with Crippen LogP contribution in [0.25, 0.3) is 11.3 Å². The van der Waals surface area contributed by atoms with Crippen LogP contribution in [0.3, 0.4) is 0 Å². The van der Waals surface area contributed by atoms with E-state index in [2.05, 4.69) is 4.98 Å². The van der Waals surface area contributed by atoms with Gasteiger partial charge in [0.25, 0.3) is 5.56 Å². The van der Waals surface area contributed by atoms with Crippen LogP contribution in [0, 0.1) is 5.41 Å². The van der Waals surface area contributed by atoms with E-state index in [0.29, 0.717) is 0 Å². The van der Waals surface area contributed by atoms with Gasteiger partial charge in [-0.1, -0.05) is 30.3 Å². The molecule has 0 unspecified atom stereocenters. The second-order valence-electron chi connectivity index (χ2n) is 3.39. The van der Waals surface area contributed by atoms with E-state index in [0.717, 1.165) is 11.3 Å². The van der Waals surface area contributed by atoms with Gasteiger partial charge in [0.15, 0.2) is 0 Å². The van der Waals surface area contributed by atoms with Gasteiger partial charge in [-0.25, -0.2) is 0 Å². The second-order valence-corrected chi connectivity index (χ2v) is 3.39. The van der Waals surface area contributed by atoms with Crippen molar-refractivity contribution in [2.45, 2.75) is 0 Å². The Morgan fingerprint density at radius 1 is 1.12 bits per heavy atom. The number of aromatic amines is 1. The Bertz CT molecular complexity index is 578. The molecule has 4 N–H and O–H groups in total. The Morgan fingerprint density at radius 2 is 1.76 bits per heavy atom. The molecule has 4 nitrogen and oxygen atoms in total. The average Bonchev–Trinajstić information content (AvgIpc) is 2.29. The van der Waals surface area contributed by atoms with Crippen LogP contribution in [0.15, 0.2) is 47.3 Å². The molecule has 0 fully saturated rings. The van der Waals surface area contributed by atoms with Crippen LogP contribution in [0.4, 0.5) is 0 Å². The zero-order valence-corrected chi connectivity index (χ0v) is 9.75. The number of amidine groups is 1. The van der Waals surface area contributed by atoms with Gasteiger partial charge in [0.05, 0.1) is 5.56 Å². The van der Waals surface area contributed by atoms with E-state index in [1.54, 1.807) is 12.1 Å². The normalized spacial score (nSPS) is 9.41. The third-order valence-electron chi connectivity index (χ3n) is 2.28. The van der Waals surface area contributed by atoms with Crippen LogP contribution in [0.2, 0.25) is 0 Å². The van der Waals surface area contributed by atoms with Gasteiger partial charge in [-0.2, -0.15) is 0 Å². The van der Waals surface area contributed by atoms with Gasteiger partial charge in [0.2, 0.25) is 0 Å². The lowest BCUT2D eigenvalue weighted by Gasteiger charge is -2.02. The molecule has 0 aliphatic rings. The minimum atomic E-state index is -0.339. The van der Waals surface area contributed by atoms with Crippen LogP contribution in [0.1, 0.15) is 5.56 Å². The molecule has 0 spiro atoms. The fourth-order valence-corrected chi connectivity index (χ4v) is 1.47. The molecular weight excluding hydrogens is 238 g/mol. The summed E-state index contributed by atoms with van der Waals surface area (Å²) in [4.78, 5) is 14.3. The SMILES string of the molecule is Cl.N=C(N)c1ccc(-c2ccccc2)[nH]c1=O. The molecule has 0 aliphatic carbocycles. The van der Waals surface area contributed by atoms with Crippen molar-refractivity contribution >= 4 is 18.2 Å². The molecule has 2 aromatic rings. The molecule has 0 aliphatic heterocycles. The quantitative estimate of drug-likeness (QED) is 0.560. The van der Waals surface area contributed by atoms with Gasteiger partial charge in [0.1, 0.15) is 5.84 Å². The number of rotatable bonds is 2. The van der Waals surface area contributed by atoms with E-state index < -0.39 is 0 Å². The highest BCUT2D eigenvalue weighted by Gasteiger charge is 2.04. The molecule has 0 atom stereocenters. The number of nitrogen functional groups attached to an aromatic ring is 1. The number of hydrogen-bond donors (Lipinski definition) is 3. The lowest BCUT2D eigenvalue weighted by Crippen LogP contribution is -2.23. The van der Waals surface area contributed by atoms with Crippen LogP contribution in [-0.4, -0.2) is 10.8 Å². The molecule has 88 valence electrons. The van der Waals surface area contributed by atoms with Crippen LogP contribution < -0.4 is 11.3 Å². The summed E-state index contributed by atoms with van der Waals surface area (Å²) in [6, 6.07) is 12.8. The Hall–Kier alpha value is -2.07. The van der Waals surface area contributed by atoms with Crippen molar-refractivity contribution in [1.82, 2.24) is 4.98 Å². The van der Waals surface area contributed by atoms with Crippen molar-refractivity contribution in [3.63, 3.8) is 0 Å². The lowest BCUT2D eigenvalue weighted by molar-refractivity contribution is 1.21. The number of halogens is 1. The zero-order valence-electron chi connectivity index (χ0n) is 8.94. The summed E-state index contributed by atoms with van der Waals surface area (Å²) >= 11 is 0. The van der Waals surface area contributed by atoms with E-state index in [4.69, 9.17) is 11.1 Å². The minimum Gasteiger partial charge on any atom is -0.384 e. The number of nitrogens with two attached hydrogens (primary N) is 1. The van der Waals surface area contributed by atoms with E-state index >= 15 is 0 Å². The largest absolute Gasteiger partial charge is 0.384 e. The Morgan fingerprint density at radius 3 is 2.29 bits per heavy atom. The molecule has 0 saturated carbocycles.